The van der Waals surface area contributed by atoms with Crippen molar-refractivity contribution in [1.82, 2.24) is 14.6 Å². The fourth-order valence-electron chi connectivity index (χ4n) is 1.72. The van der Waals surface area contributed by atoms with Crippen LogP contribution < -0.4 is 5.56 Å². The third-order valence-electron chi connectivity index (χ3n) is 2.54. The van der Waals surface area contributed by atoms with Gasteiger partial charge < -0.3 is 4.98 Å². The van der Waals surface area contributed by atoms with Gasteiger partial charge in [0.15, 0.2) is 0 Å². The van der Waals surface area contributed by atoms with Gasteiger partial charge in [0.1, 0.15) is 5.65 Å². The van der Waals surface area contributed by atoms with Gasteiger partial charge in [-0.15, -0.1) is 0 Å². The first kappa shape index (κ1) is 10.5. The summed E-state index contributed by atoms with van der Waals surface area (Å²) >= 11 is 2.25. The lowest BCUT2D eigenvalue weighted by atomic mass is 10.1. The Hall–Kier alpha value is -1.63. The van der Waals surface area contributed by atoms with Gasteiger partial charge in [0.05, 0.1) is 11.9 Å². The Morgan fingerprint density at radius 3 is 2.71 bits per heavy atom. The molecule has 0 aliphatic rings. The summed E-state index contributed by atoms with van der Waals surface area (Å²) in [5.41, 5.74) is 2.37. The molecule has 4 nitrogen and oxygen atoms in total. The molecule has 1 N–H and O–H groups in total. The van der Waals surface area contributed by atoms with E-state index in [1.54, 1.807) is 18.3 Å². The second kappa shape index (κ2) is 3.99. The average Bonchev–Trinajstić information content (AvgIpc) is 2.78. The van der Waals surface area contributed by atoms with Gasteiger partial charge in [-0.05, 0) is 40.3 Å². The summed E-state index contributed by atoms with van der Waals surface area (Å²) in [6.07, 6.45) is 1.60. The van der Waals surface area contributed by atoms with Crippen LogP contribution >= 0.6 is 22.6 Å². The Bertz CT molecular complexity index is 727. The van der Waals surface area contributed by atoms with E-state index in [-0.39, 0.29) is 5.56 Å². The van der Waals surface area contributed by atoms with Crippen molar-refractivity contribution in [3.63, 3.8) is 0 Å². The van der Waals surface area contributed by atoms with Crippen LogP contribution in [0.2, 0.25) is 0 Å². The standard InChI is InChI=1S/C12H8IN3O/c13-9-3-1-8(2-4-9)10-7-12(17)16-11(15-10)5-6-14-16/h1-7,15H. The Labute approximate surface area is 110 Å². The molecule has 0 atom stereocenters. The van der Waals surface area contributed by atoms with Crippen LogP contribution in [0.4, 0.5) is 0 Å². The first-order valence-corrected chi connectivity index (χ1v) is 6.15. The van der Waals surface area contributed by atoms with E-state index in [9.17, 15) is 4.79 Å². The first-order chi connectivity index (χ1) is 8.24. The van der Waals surface area contributed by atoms with Crippen LogP contribution in [-0.2, 0) is 0 Å². The molecule has 2 aromatic heterocycles. The zero-order chi connectivity index (χ0) is 11.8. The number of nitrogens with one attached hydrogen (secondary N) is 1. The minimum absolute atomic E-state index is 0.127. The molecule has 84 valence electrons. The summed E-state index contributed by atoms with van der Waals surface area (Å²) in [7, 11) is 0. The first-order valence-electron chi connectivity index (χ1n) is 5.07. The number of rotatable bonds is 1. The lowest BCUT2D eigenvalue weighted by molar-refractivity contribution is 0.901. The molecule has 0 aliphatic carbocycles. The molecule has 0 aliphatic heterocycles. The molecular weight excluding hydrogens is 329 g/mol. The minimum atomic E-state index is -0.127. The molecule has 0 spiro atoms. The van der Waals surface area contributed by atoms with Crippen LogP contribution in [0.15, 0.2) is 47.4 Å². The lowest BCUT2D eigenvalue weighted by Crippen LogP contribution is -2.13. The maximum absolute atomic E-state index is 11.8. The summed E-state index contributed by atoms with van der Waals surface area (Å²) in [6, 6.07) is 11.3. The van der Waals surface area contributed by atoms with Crippen molar-refractivity contribution in [2.45, 2.75) is 0 Å². The summed E-state index contributed by atoms with van der Waals surface area (Å²) in [5, 5.41) is 3.94. The van der Waals surface area contributed by atoms with E-state index in [0.717, 1.165) is 11.3 Å². The van der Waals surface area contributed by atoms with Gasteiger partial charge in [-0.3, -0.25) is 4.79 Å². The van der Waals surface area contributed by atoms with Gasteiger partial charge in [-0.2, -0.15) is 9.61 Å². The number of hydrogen-bond acceptors (Lipinski definition) is 2. The predicted molar refractivity (Wildman–Crippen MR) is 74.0 cm³/mol. The molecule has 0 bridgehead atoms. The molecule has 0 amide bonds. The van der Waals surface area contributed by atoms with E-state index >= 15 is 0 Å². The topological polar surface area (TPSA) is 50.2 Å². The van der Waals surface area contributed by atoms with Gasteiger partial charge in [0, 0.05) is 15.7 Å². The molecule has 0 saturated heterocycles. The molecule has 3 rings (SSSR count). The van der Waals surface area contributed by atoms with Crippen LogP contribution in [0.3, 0.4) is 0 Å². The van der Waals surface area contributed by atoms with Gasteiger partial charge in [0.25, 0.3) is 5.56 Å². The fraction of sp³-hybridized carbons (Fsp3) is 0. The molecule has 2 heterocycles. The number of aromatic nitrogens is 3. The highest BCUT2D eigenvalue weighted by atomic mass is 127. The van der Waals surface area contributed by atoms with E-state index in [4.69, 9.17) is 0 Å². The number of benzene rings is 1. The van der Waals surface area contributed by atoms with Crippen LogP contribution in [0.1, 0.15) is 0 Å². The van der Waals surface area contributed by atoms with Gasteiger partial charge >= 0.3 is 0 Å². The number of halogens is 1. The smallest absolute Gasteiger partial charge is 0.274 e. The second-order valence-electron chi connectivity index (χ2n) is 3.66. The average molecular weight is 337 g/mol. The van der Waals surface area contributed by atoms with Gasteiger partial charge in [0.2, 0.25) is 0 Å². The van der Waals surface area contributed by atoms with Crippen molar-refractivity contribution in [3.8, 4) is 11.3 Å². The van der Waals surface area contributed by atoms with E-state index in [1.807, 2.05) is 24.3 Å². The highest BCUT2D eigenvalue weighted by molar-refractivity contribution is 14.1. The monoisotopic (exact) mass is 337 g/mol. The molecule has 5 heteroatoms. The number of H-pyrrole nitrogens is 1. The number of fused-ring (bicyclic) bond motifs is 1. The van der Waals surface area contributed by atoms with Crippen molar-refractivity contribution in [3.05, 3.63) is 56.5 Å². The molecular formula is C12H8IN3O. The van der Waals surface area contributed by atoms with E-state index in [2.05, 4.69) is 32.7 Å². The third-order valence-corrected chi connectivity index (χ3v) is 3.26. The quantitative estimate of drug-likeness (QED) is 0.693. The maximum Gasteiger partial charge on any atom is 0.274 e. The van der Waals surface area contributed by atoms with Crippen molar-refractivity contribution in [2.24, 2.45) is 0 Å². The van der Waals surface area contributed by atoms with Crippen LogP contribution in [0.25, 0.3) is 16.9 Å². The van der Waals surface area contributed by atoms with E-state index in [0.29, 0.717) is 5.65 Å². The summed E-state index contributed by atoms with van der Waals surface area (Å²) < 4.78 is 2.51. The Balaban J connectivity index is 2.23. The number of aromatic amines is 1. The van der Waals surface area contributed by atoms with Gasteiger partial charge in [-0.1, -0.05) is 12.1 Å². The SMILES string of the molecule is O=c1cc(-c2ccc(I)cc2)[nH]c2ccnn12. The normalized spacial score (nSPS) is 10.9. The molecule has 17 heavy (non-hydrogen) atoms. The van der Waals surface area contributed by atoms with Crippen LogP contribution in [-0.4, -0.2) is 14.6 Å². The zero-order valence-electron chi connectivity index (χ0n) is 8.72. The largest absolute Gasteiger partial charge is 0.339 e. The minimum Gasteiger partial charge on any atom is -0.339 e. The van der Waals surface area contributed by atoms with Crippen molar-refractivity contribution >= 4 is 28.2 Å². The summed E-state index contributed by atoms with van der Waals surface area (Å²) in [5.74, 6) is 0. The summed E-state index contributed by atoms with van der Waals surface area (Å²) in [6.45, 7) is 0. The number of nitrogens with zero attached hydrogens (tertiary/aromatic N) is 2. The molecule has 0 fully saturated rings. The van der Waals surface area contributed by atoms with Crippen LogP contribution in [0.5, 0.6) is 0 Å². The Morgan fingerprint density at radius 2 is 1.94 bits per heavy atom. The molecule has 1 aromatic carbocycles. The van der Waals surface area contributed by atoms with E-state index in [1.165, 1.54) is 8.09 Å². The van der Waals surface area contributed by atoms with Crippen molar-refractivity contribution < 1.29 is 0 Å². The van der Waals surface area contributed by atoms with Gasteiger partial charge in [-0.25, -0.2) is 0 Å². The van der Waals surface area contributed by atoms with Crippen molar-refractivity contribution in [1.29, 1.82) is 0 Å². The molecule has 0 saturated carbocycles. The zero-order valence-corrected chi connectivity index (χ0v) is 10.9. The summed E-state index contributed by atoms with van der Waals surface area (Å²) in [4.78, 5) is 15.0. The predicted octanol–water partition coefficient (Wildman–Crippen LogP) is 2.29. The molecule has 0 unspecified atom stereocenters. The molecule has 0 radical (unpaired) electrons. The molecule has 3 aromatic rings. The van der Waals surface area contributed by atoms with E-state index < -0.39 is 0 Å². The van der Waals surface area contributed by atoms with Crippen LogP contribution in [0, 0.1) is 3.57 Å². The maximum atomic E-state index is 11.8. The Morgan fingerprint density at radius 1 is 1.18 bits per heavy atom. The third kappa shape index (κ3) is 1.86. The Kier molecular flexibility index (Phi) is 2.47. The highest BCUT2D eigenvalue weighted by Gasteiger charge is 2.03. The number of hydrogen-bond donors (Lipinski definition) is 1. The van der Waals surface area contributed by atoms with Crippen molar-refractivity contribution in [2.75, 3.05) is 0 Å². The highest BCUT2D eigenvalue weighted by Crippen LogP contribution is 2.17. The second-order valence-corrected chi connectivity index (χ2v) is 4.90. The fourth-order valence-corrected chi connectivity index (χ4v) is 2.08. The lowest BCUT2D eigenvalue weighted by Gasteiger charge is -2.02.